The number of benzene rings is 16. The molecule has 8 heteroatoms. The van der Waals surface area contributed by atoms with Crippen molar-refractivity contribution in [1.29, 1.82) is 0 Å². The molecular formula is C100H84N2O4Si2. The van der Waals surface area contributed by atoms with E-state index in [2.05, 4.69) is 333 Å². The molecule has 16 aromatic carbocycles. The normalized spacial score (nSPS) is 12.8. The second-order valence-electron chi connectivity index (χ2n) is 30.1. The molecule has 0 saturated heterocycles. The number of aliphatic imine (C=N–C) groups is 2. The zero-order chi connectivity index (χ0) is 74.0. The van der Waals surface area contributed by atoms with Crippen molar-refractivity contribution < 1.29 is 19.1 Å². The van der Waals surface area contributed by atoms with Crippen molar-refractivity contribution in [3.63, 3.8) is 0 Å². The van der Waals surface area contributed by atoms with Crippen molar-refractivity contribution in [1.82, 2.24) is 0 Å². The Morgan fingerprint density at radius 2 is 0.556 bits per heavy atom. The molecule has 0 saturated carbocycles. The van der Waals surface area contributed by atoms with Crippen LogP contribution in [0.2, 0.25) is 10.1 Å². The standard InChI is InChI=1S/C100H84N2O4Si2/c1-99(2,3)107(81-41-17-9-18-42-81,82-43-19-10-20-44-82)105-79-59-53-71(54-60-79)89-63-57-69-33-25-29-49-85(69)91(89)93-87-51-31-27-39-75(87)65-77(97(93)103)67-101-95(73-35-13-7-14-36-73)96(74-37-15-8-16-38-74)102-68-78-66-76-40-28-32-52-88(76)94(98(78)104)92-86-50-30-26-34-70(86)58-64-90(92)72-55-61-80(62-56-72)106-108(100(4,5)6,83-45-21-11-22-46-83)84-47-23-12-24-48-84/h7-68,95-96,103-104H,1-6H3/t95-,96-/m1/s1. The first-order valence-electron chi connectivity index (χ1n) is 37.2. The number of aromatic hydroxyl groups is 2. The van der Waals surface area contributed by atoms with Gasteiger partial charge in [-0.05, 0) is 144 Å². The van der Waals surface area contributed by atoms with Crippen LogP contribution in [0.5, 0.6) is 23.0 Å². The van der Waals surface area contributed by atoms with E-state index >= 15 is 0 Å². The summed E-state index contributed by atoms with van der Waals surface area (Å²) in [6.45, 7) is 13.8. The van der Waals surface area contributed by atoms with E-state index in [4.69, 9.17) is 18.8 Å². The summed E-state index contributed by atoms with van der Waals surface area (Å²) in [5.74, 6) is 1.79. The molecule has 0 aliphatic rings. The van der Waals surface area contributed by atoms with E-state index in [1.807, 2.05) is 85.2 Å². The second-order valence-corrected chi connectivity index (χ2v) is 38.5. The predicted molar refractivity (Wildman–Crippen MR) is 458 cm³/mol. The first-order valence-corrected chi connectivity index (χ1v) is 41.0. The van der Waals surface area contributed by atoms with Crippen LogP contribution in [0.15, 0.2) is 374 Å². The SMILES string of the molecule is CC(C)(C)[Si](Oc1ccc(-c2ccc3ccccc3c2-c2c(O)c(C=N[C@H](c3ccccc3)[C@H](N=Cc3cc4ccccc4c(-c4c(-c5ccc(O[Si](c6ccccc6)(c6ccccc6)C(C)(C)C)cc5)ccc5ccccc45)c3O)c3ccccc3)cc3ccccc23)cc1)(c1ccccc1)c1ccccc1. The molecule has 16 aromatic rings. The maximum atomic E-state index is 13.4. The molecule has 0 fully saturated rings. The van der Waals surface area contributed by atoms with Gasteiger partial charge in [0.25, 0.3) is 0 Å². The van der Waals surface area contributed by atoms with Gasteiger partial charge in [-0.2, -0.15) is 0 Å². The molecule has 0 unspecified atom stereocenters. The lowest BCUT2D eigenvalue weighted by Gasteiger charge is -2.43. The van der Waals surface area contributed by atoms with Gasteiger partial charge in [-0.25, -0.2) is 0 Å². The fourth-order valence-corrected chi connectivity index (χ4v) is 25.2. The minimum atomic E-state index is -2.95. The van der Waals surface area contributed by atoms with Gasteiger partial charge in [-0.15, -0.1) is 0 Å². The van der Waals surface area contributed by atoms with Gasteiger partial charge in [0.15, 0.2) is 0 Å². The summed E-state index contributed by atoms with van der Waals surface area (Å²) in [7, 11) is -5.90. The van der Waals surface area contributed by atoms with Crippen molar-refractivity contribution in [2.75, 3.05) is 0 Å². The van der Waals surface area contributed by atoms with E-state index in [9.17, 15) is 10.2 Å². The lowest BCUT2D eigenvalue weighted by atomic mass is 9.86. The van der Waals surface area contributed by atoms with Crippen LogP contribution in [0, 0.1) is 0 Å². The van der Waals surface area contributed by atoms with Crippen LogP contribution in [0.4, 0.5) is 0 Å². The van der Waals surface area contributed by atoms with Crippen LogP contribution in [0.25, 0.3) is 87.6 Å². The van der Waals surface area contributed by atoms with Gasteiger partial charge in [-0.1, -0.05) is 369 Å². The van der Waals surface area contributed by atoms with E-state index in [1.54, 1.807) is 0 Å². The molecule has 0 aromatic heterocycles. The van der Waals surface area contributed by atoms with Crippen LogP contribution in [0.1, 0.15) is 75.9 Å². The third-order valence-corrected chi connectivity index (χ3v) is 31.4. The van der Waals surface area contributed by atoms with E-state index < -0.39 is 28.7 Å². The van der Waals surface area contributed by atoms with Crippen LogP contribution in [-0.4, -0.2) is 39.3 Å². The molecule has 526 valence electrons. The van der Waals surface area contributed by atoms with Gasteiger partial charge in [0.1, 0.15) is 35.1 Å². The van der Waals surface area contributed by atoms with Crippen molar-refractivity contribution in [3.05, 3.63) is 386 Å². The van der Waals surface area contributed by atoms with Crippen LogP contribution in [-0.2, 0) is 0 Å². The van der Waals surface area contributed by atoms with Crippen LogP contribution >= 0.6 is 0 Å². The van der Waals surface area contributed by atoms with E-state index in [0.717, 1.165) is 99.1 Å². The number of phenolic OH excluding ortho intramolecular Hbond substituents is 2. The molecule has 0 aliphatic heterocycles. The number of phenols is 2. The summed E-state index contributed by atoms with van der Waals surface area (Å²) in [5.41, 5.74) is 10.1. The van der Waals surface area contributed by atoms with Crippen molar-refractivity contribution >= 4 is 92.9 Å². The third kappa shape index (κ3) is 13.1. The molecule has 0 bridgehead atoms. The first kappa shape index (κ1) is 69.9. The maximum Gasteiger partial charge on any atom is 0.319 e. The average Bonchev–Trinajstić information content (AvgIpc) is 0.755. The topological polar surface area (TPSA) is 83.6 Å². The Labute approximate surface area is 635 Å². The largest absolute Gasteiger partial charge is 0.534 e. The number of rotatable bonds is 19. The fraction of sp³-hybridized carbons (Fsp3) is 0.100. The summed E-state index contributed by atoms with van der Waals surface area (Å²) >= 11 is 0. The Morgan fingerprint density at radius 1 is 0.287 bits per heavy atom. The highest BCUT2D eigenvalue weighted by molar-refractivity contribution is 7.00. The highest BCUT2D eigenvalue weighted by Crippen LogP contribution is 2.51. The Balaban J connectivity index is 0.799. The Bertz CT molecular complexity index is 5520. The summed E-state index contributed by atoms with van der Waals surface area (Å²) in [5, 5.41) is 39.0. The molecule has 2 atom stereocenters. The molecule has 0 aliphatic carbocycles. The minimum Gasteiger partial charge on any atom is -0.534 e. The smallest absolute Gasteiger partial charge is 0.319 e. The molecule has 0 heterocycles. The average molecular weight is 1430 g/mol. The lowest BCUT2D eigenvalue weighted by Crippen LogP contribution is -2.68. The molecule has 6 nitrogen and oxygen atoms in total. The van der Waals surface area contributed by atoms with Gasteiger partial charge in [0.05, 0.1) is 0 Å². The zero-order valence-electron chi connectivity index (χ0n) is 61.6. The quantitative estimate of drug-likeness (QED) is 0.0624. The fourth-order valence-electron chi connectivity index (χ4n) is 16.4. The molecule has 0 amide bonds. The van der Waals surface area contributed by atoms with Crippen molar-refractivity contribution in [2.45, 2.75) is 63.7 Å². The molecule has 16 rings (SSSR count). The van der Waals surface area contributed by atoms with Crippen molar-refractivity contribution in [2.24, 2.45) is 9.98 Å². The highest BCUT2D eigenvalue weighted by Gasteiger charge is 2.53. The Hall–Kier alpha value is -12.5. The third-order valence-electron chi connectivity index (χ3n) is 21.5. The summed E-state index contributed by atoms with van der Waals surface area (Å²) in [6.07, 6.45) is 3.66. The van der Waals surface area contributed by atoms with Gasteiger partial charge < -0.3 is 19.1 Å². The van der Waals surface area contributed by atoms with Gasteiger partial charge in [0, 0.05) is 45.8 Å². The molecule has 0 radical (unpaired) electrons. The van der Waals surface area contributed by atoms with Gasteiger partial charge in [-0.3, -0.25) is 9.98 Å². The van der Waals surface area contributed by atoms with E-state index in [-0.39, 0.29) is 21.6 Å². The Morgan fingerprint density at radius 3 is 0.861 bits per heavy atom. The van der Waals surface area contributed by atoms with Gasteiger partial charge >= 0.3 is 16.6 Å². The number of hydrogen-bond donors (Lipinski definition) is 2. The molecule has 2 N–H and O–H groups in total. The van der Waals surface area contributed by atoms with Gasteiger partial charge in [0.2, 0.25) is 0 Å². The highest BCUT2D eigenvalue weighted by atomic mass is 28.4. The second kappa shape index (κ2) is 29.5. The lowest BCUT2D eigenvalue weighted by molar-refractivity contribution is 0.476. The molecular weight excluding hydrogens is 1350 g/mol. The summed E-state index contributed by atoms with van der Waals surface area (Å²) < 4.78 is 15.1. The number of nitrogens with zero attached hydrogens (tertiary/aromatic N) is 2. The van der Waals surface area contributed by atoms with E-state index in [1.165, 1.54) is 20.7 Å². The number of hydrogen-bond acceptors (Lipinski definition) is 6. The Kier molecular flexibility index (Phi) is 19.1. The summed E-state index contributed by atoms with van der Waals surface area (Å²) in [6, 6.07) is 126. The summed E-state index contributed by atoms with van der Waals surface area (Å²) in [4.78, 5) is 11.2. The maximum absolute atomic E-state index is 13.4. The number of fused-ring (bicyclic) bond motifs is 4. The van der Waals surface area contributed by atoms with E-state index in [0.29, 0.717) is 22.3 Å². The van der Waals surface area contributed by atoms with Crippen molar-refractivity contribution in [3.8, 4) is 67.5 Å². The first-order chi connectivity index (χ1) is 52.7. The zero-order valence-corrected chi connectivity index (χ0v) is 63.6. The molecule has 108 heavy (non-hydrogen) atoms. The molecule has 0 spiro atoms. The minimum absolute atomic E-state index is 0.106. The predicted octanol–water partition coefficient (Wildman–Crippen LogP) is 23.3. The monoisotopic (exact) mass is 1430 g/mol. The van der Waals surface area contributed by atoms with Crippen LogP contribution in [0.3, 0.4) is 0 Å². The van der Waals surface area contributed by atoms with Crippen LogP contribution < -0.4 is 29.6 Å².